The van der Waals surface area contributed by atoms with E-state index in [9.17, 15) is 19.5 Å². The molecule has 1 aromatic carbocycles. The van der Waals surface area contributed by atoms with Gasteiger partial charge >= 0.3 is 6.03 Å². The predicted molar refractivity (Wildman–Crippen MR) is 137 cm³/mol. The summed E-state index contributed by atoms with van der Waals surface area (Å²) in [5.74, 6) is 0.161. The van der Waals surface area contributed by atoms with Gasteiger partial charge in [-0.1, -0.05) is 18.1 Å². The maximum atomic E-state index is 13.5. The van der Waals surface area contributed by atoms with Gasteiger partial charge in [0.15, 0.2) is 11.5 Å². The van der Waals surface area contributed by atoms with Crippen molar-refractivity contribution in [3.05, 3.63) is 35.2 Å². The van der Waals surface area contributed by atoms with Gasteiger partial charge in [0.05, 0.1) is 30.4 Å². The van der Waals surface area contributed by atoms with E-state index >= 15 is 0 Å². The van der Waals surface area contributed by atoms with Crippen LogP contribution in [0.3, 0.4) is 0 Å². The lowest BCUT2D eigenvalue weighted by Gasteiger charge is -2.38. The molecule has 3 atom stereocenters. The van der Waals surface area contributed by atoms with Crippen molar-refractivity contribution in [1.82, 2.24) is 15.0 Å². The van der Waals surface area contributed by atoms with Crippen molar-refractivity contribution in [3.63, 3.8) is 0 Å². The lowest BCUT2D eigenvalue weighted by Crippen LogP contribution is -2.50. The highest BCUT2D eigenvalue weighted by atomic mass is 16.5. The maximum Gasteiger partial charge on any atom is 0.321 e. The molecule has 3 N–H and O–H groups in total. The zero-order chi connectivity index (χ0) is 26.9. The van der Waals surface area contributed by atoms with Crippen LogP contribution in [0, 0.1) is 25.7 Å². The minimum absolute atomic E-state index is 0.0279. The van der Waals surface area contributed by atoms with Crippen molar-refractivity contribution in [2.24, 2.45) is 11.8 Å². The number of rotatable bonds is 7. The fourth-order valence-electron chi connectivity index (χ4n) is 4.36. The Kier molecular flexibility index (Phi) is 7.72. The molecule has 0 bridgehead atoms. The summed E-state index contributed by atoms with van der Waals surface area (Å²) in [6.07, 6.45) is 1.17. The van der Waals surface area contributed by atoms with Gasteiger partial charge in [0.25, 0.3) is 5.91 Å². The predicted octanol–water partition coefficient (Wildman–Crippen LogP) is 3.02. The number of anilines is 2. The van der Waals surface area contributed by atoms with E-state index in [1.165, 1.54) is 4.90 Å². The summed E-state index contributed by atoms with van der Waals surface area (Å²) in [6.45, 7) is 7.51. The summed E-state index contributed by atoms with van der Waals surface area (Å²) in [5.41, 5.74) is 1.81. The van der Waals surface area contributed by atoms with E-state index in [1.54, 1.807) is 50.9 Å². The second-order valence-corrected chi connectivity index (χ2v) is 10.1. The molecule has 1 fully saturated rings. The number of para-hydroxylation sites is 1. The molecule has 11 nitrogen and oxygen atoms in total. The molecule has 2 aromatic rings. The molecule has 200 valence electrons. The first-order valence-corrected chi connectivity index (χ1v) is 12.6. The molecule has 0 unspecified atom stereocenters. The Morgan fingerprint density at radius 1 is 1.27 bits per heavy atom. The summed E-state index contributed by atoms with van der Waals surface area (Å²) in [4.78, 5) is 42.2. The number of carbonyl (C=O) groups is 3. The van der Waals surface area contributed by atoms with E-state index in [2.05, 4.69) is 15.8 Å². The lowest BCUT2D eigenvalue weighted by atomic mass is 9.99. The number of aryl methyl sites for hydroxylation is 2. The van der Waals surface area contributed by atoms with E-state index < -0.39 is 12.1 Å². The first-order valence-electron chi connectivity index (χ1n) is 12.6. The van der Waals surface area contributed by atoms with E-state index in [0.717, 1.165) is 12.8 Å². The van der Waals surface area contributed by atoms with Crippen LogP contribution in [-0.2, 0) is 4.79 Å². The molecule has 1 saturated carbocycles. The number of fused-ring (bicyclic) bond motifs is 1. The van der Waals surface area contributed by atoms with Crippen molar-refractivity contribution in [2.45, 2.75) is 52.7 Å². The van der Waals surface area contributed by atoms with Gasteiger partial charge in [-0.2, -0.15) is 0 Å². The number of hydrogen-bond donors (Lipinski definition) is 3. The number of benzene rings is 1. The van der Waals surface area contributed by atoms with E-state index in [-0.39, 0.29) is 48.6 Å². The van der Waals surface area contributed by atoms with E-state index in [1.807, 2.05) is 6.92 Å². The Labute approximate surface area is 216 Å². The molecule has 1 aliphatic carbocycles. The molecular formula is C26H35N5O6. The van der Waals surface area contributed by atoms with Crippen LogP contribution in [0.5, 0.6) is 5.75 Å². The van der Waals surface area contributed by atoms with Gasteiger partial charge in [-0.3, -0.25) is 9.59 Å². The quantitative estimate of drug-likeness (QED) is 0.517. The van der Waals surface area contributed by atoms with E-state index in [0.29, 0.717) is 34.9 Å². The number of nitrogens with one attached hydrogen (secondary N) is 2. The SMILES string of the molecule is Cc1noc(C)c1NC(=O)N(C)C[C@H]1Oc2c(NC(=O)C3CC3)cccc2C(=O)N([C@@H](C)CO)C[C@H]1C. The normalized spacial score (nSPS) is 20.3. The lowest BCUT2D eigenvalue weighted by molar-refractivity contribution is -0.117. The van der Waals surface area contributed by atoms with Crippen LogP contribution in [0.2, 0.25) is 0 Å². The van der Waals surface area contributed by atoms with Crippen molar-refractivity contribution in [2.75, 3.05) is 37.4 Å². The van der Waals surface area contributed by atoms with Crippen LogP contribution in [0.25, 0.3) is 0 Å². The molecule has 0 radical (unpaired) electrons. The van der Waals surface area contributed by atoms with Crippen molar-refractivity contribution >= 4 is 29.2 Å². The highest BCUT2D eigenvalue weighted by Crippen LogP contribution is 2.37. The second-order valence-electron chi connectivity index (χ2n) is 10.1. The first-order chi connectivity index (χ1) is 17.6. The molecule has 2 aliphatic rings. The summed E-state index contributed by atoms with van der Waals surface area (Å²) < 4.78 is 11.6. The Bertz CT molecular complexity index is 1160. The van der Waals surface area contributed by atoms with Crippen LogP contribution in [0.1, 0.15) is 48.5 Å². The number of urea groups is 1. The van der Waals surface area contributed by atoms with Gasteiger partial charge in [-0.05, 0) is 45.7 Å². The minimum Gasteiger partial charge on any atom is -0.485 e. The van der Waals surface area contributed by atoms with Crippen LogP contribution in [0.15, 0.2) is 22.7 Å². The zero-order valence-electron chi connectivity index (χ0n) is 21.9. The van der Waals surface area contributed by atoms with Crippen LogP contribution in [-0.4, -0.2) is 76.8 Å². The number of aromatic nitrogens is 1. The molecule has 4 rings (SSSR count). The Hall–Kier alpha value is -3.60. The molecule has 1 aliphatic heterocycles. The third kappa shape index (κ3) is 5.71. The van der Waals surface area contributed by atoms with Gasteiger partial charge in [-0.25, -0.2) is 4.79 Å². The molecular weight excluding hydrogens is 478 g/mol. The fraction of sp³-hybridized carbons (Fsp3) is 0.538. The number of nitrogens with zero attached hydrogens (tertiary/aromatic N) is 3. The Balaban J connectivity index is 1.63. The highest BCUT2D eigenvalue weighted by Gasteiger charge is 2.36. The smallest absolute Gasteiger partial charge is 0.321 e. The van der Waals surface area contributed by atoms with Crippen molar-refractivity contribution < 1.29 is 28.8 Å². The number of aliphatic hydroxyl groups excluding tert-OH is 1. The number of likely N-dealkylation sites (N-methyl/N-ethyl adjacent to an activating group) is 1. The average molecular weight is 514 g/mol. The third-order valence-electron chi connectivity index (χ3n) is 6.96. The fourth-order valence-corrected chi connectivity index (χ4v) is 4.36. The van der Waals surface area contributed by atoms with Gasteiger partial charge in [-0.15, -0.1) is 0 Å². The molecule has 4 amide bonds. The van der Waals surface area contributed by atoms with Crippen molar-refractivity contribution in [1.29, 1.82) is 0 Å². The number of hydrogen-bond acceptors (Lipinski definition) is 7. The summed E-state index contributed by atoms with van der Waals surface area (Å²) in [5, 5.41) is 19.5. The number of carbonyl (C=O) groups excluding carboxylic acids is 3. The van der Waals surface area contributed by atoms with Crippen LogP contribution >= 0.6 is 0 Å². The van der Waals surface area contributed by atoms with Gasteiger partial charge in [0.1, 0.15) is 17.5 Å². The number of amides is 4. The van der Waals surface area contributed by atoms with E-state index in [4.69, 9.17) is 9.26 Å². The summed E-state index contributed by atoms with van der Waals surface area (Å²) in [7, 11) is 1.66. The molecule has 1 aromatic heterocycles. The molecule has 0 spiro atoms. The standard InChI is InChI=1S/C26H35N5O6/c1-14-11-31(15(2)13-32)25(34)19-7-6-8-20(27-24(33)18-9-10-18)23(19)36-21(14)12-30(5)26(35)28-22-16(3)29-37-17(22)4/h6-8,14-15,18,21,32H,9-13H2,1-5H3,(H,27,33)(H,28,35)/t14-,15+,21-/m1/s1. The minimum atomic E-state index is -0.514. The van der Waals surface area contributed by atoms with Gasteiger partial charge in [0, 0.05) is 25.4 Å². The molecule has 37 heavy (non-hydrogen) atoms. The largest absolute Gasteiger partial charge is 0.485 e. The molecule has 0 saturated heterocycles. The first kappa shape index (κ1) is 26.5. The third-order valence-corrected chi connectivity index (χ3v) is 6.96. The van der Waals surface area contributed by atoms with Gasteiger partial charge < -0.3 is 34.8 Å². The second kappa shape index (κ2) is 10.8. The topological polar surface area (TPSA) is 137 Å². The Morgan fingerprint density at radius 2 is 2.00 bits per heavy atom. The van der Waals surface area contributed by atoms with Crippen molar-refractivity contribution in [3.8, 4) is 5.75 Å². The van der Waals surface area contributed by atoms with Gasteiger partial charge in [0.2, 0.25) is 5.91 Å². The maximum absolute atomic E-state index is 13.5. The average Bonchev–Trinajstić information content (AvgIpc) is 3.68. The Morgan fingerprint density at radius 3 is 2.62 bits per heavy atom. The summed E-state index contributed by atoms with van der Waals surface area (Å²) in [6, 6.07) is 4.28. The number of ether oxygens (including phenoxy) is 1. The zero-order valence-corrected chi connectivity index (χ0v) is 21.9. The van der Waals surface area contributed by atoms with Crippen LogP contribution in [0.4, 0.5) is 16.2 Å². The molecule has 2 heterocycles. The molecule has 11 heteroatoms. The highest BCUT2D eigenvalue weighted by molar-refractivity contribution is 6.02. The summed E-state index contributed by atoms with van der Waals surface area (Å²) >= 11 is 0. The monoisotopic (exact) mass is 513 g/mol. The van der Waals surface area contributed by atoms with Crippen LogP contribution < -0.4 is 15.4 Å². The number of aliphatic hydroxyl groups is 1.